The Morgan fingerprint density at radius 1 is 0.386 bits per heavy atom. The van der Waals surface area contributed by atoms with Gasteiger partial charge in [0.05, 0.1) is 46.6 Å². The highest BCUT2D eigenvalue weighted by molar-refractivity contribution is 8.50. The van der Waals surface area contributed by atoms with Crippen LogP contribution in [0.4, 0.5) is 0 Å². The van der Waals surface area contributed by atoms with Gasteiger partial charge in [-0.2, -0.15) is 0 Å². The minimum atomic E-state index is 1.32. The summed E-state index contributed by atoms with van der Waals surface area (Å²) in [6, 6.07) is 9.25. The first-order chi connectivity index (χ1) is 21.7. The summed E-state index contributed by atoms with van der Waals surface area (Å²) in [6.45, 7) is 0. The number of hydrogen-bond donors (Lipinski definition) is 0. The van der Waals surface area contributed by atoms with E-state index in [1.165, 1.54) is 71.7 Å². The summed E-state index contributed by atoms with van der Waals surface area (Å²) in [5.74, 6) is 0. The Kier molecular flexibility index (Phi) is 10.2. The van der Waals surface area contributed by atoms with E-state index in [9.17, 15) is 0 Å². The zero-order valence-corrected chi connectivity index (χ0v) is 34.5. The lowest BCUT2D eigenvalue weighted by Gasteiger charge is -2.07. The van der Waals surface area contributed by atoms with Gasteiger partial charge in [0.25, 0.3) is 0 Å². The predicted octanol–water partition coefficient (Wildman–Crippen LogP) is 16.4. The molecule has 16 heteroatoms. The van der Waals surface area contributed by atoms with Gasteiger partial charge in [0.2, 0.25) is 0 Å². The van der Waals surface area contributed by atoms with Gasteiger partial charge >= 0.3 is 0 Å². The zero-order chi connectivity index (χ0) is 29.0. The Morgan fingerprint density at radius 2 is 0.750 bits per heavy atom. The SMILES string of the molecule is C1=CSC(=C2SC3=C(SC(=Cc4ccc(C(=C5SC=CS5)c5ccc(C=C6SC7=C(S6)SC(=C6SC=CS6)S7)s5)s4)S3)S2)S1. The van der Waals surface area contributed by atoms with Crippen molar-refractivity contribution in [3.8, 4) is 0 Å². The fourth-order valence-corrected chi connectivity index (χ4v) is 25.5. The monoisotopic (exact) mass is 860 g/mol. The molecule has 220 valence electrons. The van der Waals surface area contributed by atoms with E-state index in [-0.39, 0.29) is 0 Å². The van der Waals surface area contributed by atoms with E-state index in [0.29, 0.717) is 0 Å². The predicted molar refractivity (Wildman–Crippen MR) is 232 cm³/mol. The van der Waals surface area contributed by atoms with Gasteiger partial charge in [-0.3, -0.25) is 0 Å². The van der Waals surface area contributed by atoms with Crippen molar-refractivity contribution in [2.24, 2.45) is 0 Å². The molecule has 44 heavy (non-hydrogen) atoms. The molecule has 0 saturated carbocycles. The van der Waals surface area contributed by atoms with Crippen LogP contribution in [0, 0.1) is 0 Å². The summed E-state index contributed by atoms with van der Waals surface area (Å²) in [5.41, 5.74) is 1.37. The molecule has 0 nitrogen and oxygen atoms in total. The maximum absolute atomic E-state index is 2.38. The number of hydrogen-bond acceptors (Lipinski definition) is 16. The van der Waals surface area contributed by atoms with E-state index >= 15 is 0 Å². The molecule has 0 atom stereocenters. The van der Waals surface area contributed by atoms with Gasteiger partial charge in [-0.15, -0.1) is 22.7 Å². The first-order valence-electron chi connectivity index (χ1n) is 12.4. The molecule has 9 heterocycles. The molecular formula is C28H12S16. The molecule has 0 aromatic carbocycles. The van der Waals surface area contributed by atoms with Gasteiger partial charge in [-0.05, 0) is 68.9 Å². The molecule has 0 N–H and O–H groups in total. The highest BCUT2D eigenvalue weighted by atomic mass is 32.3. The van der Waals surface area contributed by atoms with Crippen molar-refractivity contribution in [1.29, 1.82) is 0 Å². The number of rotatable bonds is 4. The zero-order valence-electron chi connectivity index (χ0n) is 21.5. The number of thiophene rings is 2. The van der Waals surface area contributed by atoms with Crippen LogP contribution in [0.1, 0.15) is 19.5 Å². The second-order valence-corrected chi connectivity index (χ2v) is 27.5. The van der Waals surface area contributed by atoms with Crippen LogP contribution < -0.4 is 0 Å². The Hall–Kier alpha value is 1.70. The van der Waals surface area contributed by atoms with Crippen LogP contribution in [-0.2, 0) is 0 Å². The Balaban J connectivity index is 0.905. The fraction of sp³-hybridized carbons (Fsp3) is 0. The van der Waals surface area contributed by atoms with Crippen molar-refractivity contribution in [1.82, 2.24) is 0 Å². The first kappa shape index (κ1) is 31.7. The molecule has 0 spiro atoms. The summed E-state index contributed by atoms with van der Waals surface area (Å²) in [7, 11) is 0. The molecule has 0 aliphatic carbocycles. The van der Waals surface area contributed by atoms with Crippen LogP contribution in [0.3, 0.4) is 0 Å². The Morgan fingerprint density at radius 3 is 1.16 bits per heavy atom. The fourth-order valence-electron chi connectivity index (χ4n) is 4.10. The second-order valence-electron chi connectivity index (χ2n) is 8.63. The van der Waals surface area contributed by atoms with Crippen molar-refractivity contribution >= 4 is 205 Å². The maximum atomic E-state index is 2.38. The minimum absolute atomic E-state index is 1.32. The van der Waals surface area contributed by atoms with Crippen molar-refractivity contribution in [2.75, 3.05) is 0 Å². The average Bonchev–Trinajstić information content (AvgIpc) is 3.85. The molecule has 0 fully saturated rings. The van der Waals surface area contributed by atoms with Crippen LogP contribution in [-0.4, -0.2) is 0 Å². The topological polar surface area (TPSA) is 0 Å². The molecule has 0 unspecified atom stereocenters. The van der Waals surface area contributed by atoms with Crippen molar-refractivity contribution < 1.29 is 0 Å². The van der Waals surface area contributed by atoms with E-state index in [1.54, 1.807) is 0 Å². The lowest BCUT2D eigenvalue weighted by Crippen LogP contribution is -1.82. The highest BCUT2D eigenvalue weighted by Gasteiger charge is 2.33. The van der Waals surface area contributed by atoms with Gasteiger partial charge < -0.3 is 0 Å². The molecule has 7 aliphatic heterocycles. The van der Waals surface area contributed by atoms with Crippen LogP contribution >= 0.6 is 187 Å². The Labute approximate surface area is 323 Å². The van der Waals surface area contributed by atoms with E-state index < -0.39 is 0 Å². The van der Waals surface area contributed by atoms with E-state index in [2.05, 4.69) is 68.9 Å². The highest BCUT2D eigenvalue weighted by Crippen LogP contribution is 2.70. The van der Waals surface area contributed by atoms with E-state index in [1.807, 2.05) is 187 Å². The molecule has 0 radical (unpaired) electrons. The third-order valence-corrected chi connectivity index (χ3v) is 26.4. The maximum Gasteiger partial charge on any atom is 0.0717 e. The van der Waals surface area contributed by atoms with Gasteiger partial charge in [-0.1, -0.05) is 165 Å². The van der Waals surface area contributed by atoms with E-state index in [0.717, 1.165) is 0 Å². The standard InChI is InChI=1S/C28H12S16/c1-3-15(35-13(1)11-17-37-25-26(38-17)42-23(41-25)21-31-7-8-32-21)19(20-29-5-6-30-20)16-4-2-14(36-16)12-18-39-27-28(40-18)44-24(43-27)22-33-9-10-34-22/h1-12H. The van der Waals surface area contributed by atoms with Crippen LogP contribution in [0.5, 0.6) is 0 Å². The van der Waals surface area contributed by atoms with E-state index in [4.69, 9.17) is 0 Å². The molecule has 9 rings (SSSR count). The summed E-state index contributed by atoms with van der Waals surface area (Å²) in [4.78, 5) is 5.34. The van der Waals surface area contributed by atoms with Crippen LogP contribution in [0.15, 0.2) is 103 Å². The summed E-state index contributed by atoms with van der Waals surface area (Å²) in [6.07, 6.45) is 4.77. The summed E-state index contributed by atoms with van der Waals surface area (Å²) >= 11 is 30.4. The minimum Gasteiger partial charge on any atom is -0.136 e. The molecular weight excluding hydrogens is 849 g/mol. The molecule has 7 aliphatic rings. The number of thioether (sulfide) groups is 14. The largest absolute Gasteiger partial charge is 0.136 e. The normalized spacial score (nSPS) is 22.3. The lowest BCUT2D eigenvalue weighted by atomic mass is 10.2. The van der Waals surface area contributed by atoms with Crippen molar-refractivity contribution in [3.05, 3.63) is 123 Å². The average molecular weight is 861 g/mol. The molecule has 2 aromatic heterocycles. The molecule has 0 bridgehead atoms. The summed E-state index contributed by atoms with van der Waals surface area (Å²) < 4.78 is 15.7. The van der Waals surface area contributed by atoms with Crippen LogP contribution in [0.25, 0.3) is 17.7 Å². The van der Waals surface area contributed by atoms with Crippen molar-refractivity contribution in [2.45, 2.75) is 0 Å². The van der Waals surface area contributed by atoms with Gasteiger partial charge in [-0.25, -0.2) is 0 Å². The van der Waals surface area contributed by atoms with Gasteiger partial charge in [0, 0.05) is 25.1 Å². The Bertz CT molecular complexity index is 1720. The molecule has 0 amide bonds. The second kappa shape index (κ2) is 14.1. The lowest BCUT2D eigenvalue weighted by molar-refractivity contribution is 1.79. The van der Waals surface area contributed by atoms with Crippen molar-refractivity contribution in [3.63, 3.8) is 0 Å². The first-order valence-corrected chi connectivity index (χ1v) is 25.9. The molecule has 0 saturated heterocycles. The summed E-state index contributed by atoms with van der Waals surface area (Å²) in [5, 5.41) is 13.2. The third-order valence-electron chi connectivity index (χ3n) is 5.87. The molecule has 2 aromatic rings. The van der Waals surface area contributed by atoms with Gasteiger partial charge in [0.15, 0.2) is 0 Å². The smallest absolute Gasteiger partial charge is 0.0717 e. The third kappa shape index (κ3) is 6.74. The quantitative estimate of drug-likeness (QED) is 0.286. The van der Waals surface area contributed by atoms with Crippen LogP contribution in [0.2, 0.25) is 0 Å². The van der Waals surface area contributed by atoms with Gasteiger partial charge in [0.1, 0.15) is 0 Å².